The minimum atomic E-state index is 0.655. The molecule has 16 heavy (non-hydrogen) atoms. The van der Waals surface area contributed by atoms with Gasteiger partial charge in [0.15, 0.2) is 0 Å². The molecule has 3 nitrogen and oxygen atoms in total. The van der Waals surface area contributed by atoms with Gasteiger partial charge < -0.3 is 5.32 Å². The molecule has 0 fully saturated rings. The average Bonchev–Trinajstić information content (AvgIpc) is 2.64. The normalized spacial score (nSPS) is 11.2. The molecule has 0 saturated carbocycles. The van der Waals surface area contributed by atoms with E-state index in [4.69, 9.17) is 0 Å². The molecule has 0 saturated heterocycles. The van der Waals surface area contributed by atoms with Gasteiger partial charge in [0.05, 0.1) is 6.20 Å². The Bertz CT molecular complexity index is 284. The van der Waals surface area contributed by atoms with Gasteiger partial charge >= 0.3 is 0 Å². The number of rotatable bonds is 8. The third-order valence-electron chi connectivity index (χ3n) is 2.27. The maximum Gasteiger partial charge on any atom is 0.0534 e. The number of hydrogen-bond donors (Lipinski definition) is 1. The predicted octanol–water partition coefficient (Wildman–Crippen LogP) is 2.38. The van der Waals surface area contributed by atoms with Gasteiger partial charge in [-0.25, -0.2) is 0 Å². The molecule has 0 aliphatic rings. The molecule has 92 valence electrons. The zero-order valence-electron chi connectivity index (χ0n) is 10.6. The van der Waals surface area contributed by atoms with Crippen LogP contribution < -0.4 is 5.32 Å². The highest BCUT2D eigenvalue weighted by molar-refractivity contribution is 7.98. The Morgan fingerprint density at radius 3 is 3.00 bits per heavy atom. The first-order valence-electron chi connectivity index (χ1n) is 5.93. The third kappa shape index (κ3) is 5.56. The smallest absolute Gasteiger partial charge is 0.0534 e. The predicted molar refractivity (Wildman–Crippen MR) is 71.8 cm³/mol. The summed E-state index contributed by atoms with van der Waals surface area (Å²) in [4.78, 5) is 0. The lowest BCUT2D eigenvalue weighted by atomic mass is 10.2. The minimum absolute atomic E-state index is 0.655. The second kappa shape index (κ2) is 7.74. The standard InChI is InChI=1S/C12H23N3S/c1-11(2)9-15-10-12(8-14-15)7-13-5-4-6-16-3/h8,10-11,13H,4-7,9H2,1-3H3. The Hall–Kier alpha value is -0.480. The summed E-state index contributed by atoms with van der Waals surface area (Å²) in [5.41, 5.74) is 1.28. The van der Waals surface area contributed by atoms with Crippen LogP contribution in [-0.2, 0) is 13.1 Å². The Kier molecular flexibility index (Phi) is 6.57. The zero-order valence-corrected chi connectivity index (χ0v) is 11.4. The van der Waals surface area contributed by atoms with Crippen molar-refractivity contribution in [3.63, 3.8) is 0 Å². The lowest BCUT2D eigenvalue weighted by Crippen LogP contribution is -2.14. The van der Waals surface area contributed by atoms with E-state index in [2.05, 4.69) is 36.7 Å². The summed E-state index contributed by atoms with van der Waals surface area (Å²) >= 11 is 1.90. The van der Waals surface area contributed by atoms with E-state index in [0.717, 1.165) is 19.6 Å². The molecule has 1 aromatic heterocycles. The fourth-order valence-electron chi connectivity index (χ4n) is 1.55. The fraction of sp³-hybridized carbons (Fsp3) is 0.750. The van der Waals surface area contributed by atoms with Crippen LogP contribution in [0.1, 0.15) is 25.8 Å². The van der Waals surface area contributed by atoms with Crippen LogP contribution in [0.2, 0.25) is 0 Å². The highest BCUT2D eigenvalue weighted by atomic mass is 32.2. The van der Waals surface area contributed by atoms with Crippen molar-refractivity contribution < 1.29 is 0 Å². The fourth-order valence-corrected chi connectivity index (χ4v) is 1.98. The first-order valence-corrected chi connectivity index (χ1v) is 7.32. The monoisotopic (exact) mass is 241 g/mol. The molecule has 4 heteroatoms. The van der Waals surface area contributed by atoms with Crippen molar-refractivity contribution in [3.8, 4) is 0 Å². The molecule has 0 bridgehead atoms. The van der Waals surface area contributed by atoms with Crippen LogP contribution in [0.15, 0.2) is 12.4 Å². The Balaban J connectivity index is 2.19. The number of thioether (sulfide) groups is 1. The van der Waals surface area contributed by atoms with Gasteiger partial charge in [-0.15, -0.1) is 0 Å². The number of nitrogens with one attached hydrogen (secondary N) is 1. The maximum absolute atomic E-state index is 4.34. The van der Waals surface area contributed by atoms with E-state index in [1.165, 1.54) is 17.7 Å². The van der Waals surface area contributed by atoms with Gasteiger partial charge in [0, 0.05) is 24.8 Å². The van der Waals surface area contributed by atoms with Gasteiger partial charge in [-0.2, -0.15) is 16.9 Å². The van der Waals surface area contributed by atoms with Crippen LogP contribution in [0.5, 0.6) is 0 Å². The summed E-state index contributed by atoms with van der Waals surface area (Å²) in [5.74, 6) is 1.89. The molecule has 1 rings (SSSR count). The molecule has 0 unspecified atom stereocenters. The molecule has 0 aromatic carbocycles. The van der Waals surface area contributed by atoms with E-state index >= 15 is 0 Å². The van der Waals surface area contributed by atoms with Crippen molar-refractivity contribution in [1.82, 2.24) is 15.1 Å². The Morgan fingerprint density at radius 1 is 1.50 bits per heavy atom. The van der Waals surface area contributed by atoms with Crippen molar-refractivity contribution >= 4 is 11.8 Å². The molecule has 1 heterocycles. The number of hydrogen-bond acceptors (Lipinski definition) is 3. The van der Waals surface area contributed by atoms with Gasteiger partial charge in [-0.1, -0.05) is 13.8 Å². The second-order valence-electron chi connectivity index (χ2n) is 4.49. The summed E-state index contributed by atoms with van der Waals surface area (Å²) < 4.78 is 2.03. The van der Waals surface area contributed by atoms with Crippen molar-refractivity contribution in [2.45, 2.75) is 33.4 Å². The molecular weight excluding hydrogens is 218 g/mol. The van der Waals surface area contributed by atoms with Crippen LogP contribution in [0.3, 0.4) is 0 Å². The summed E-state index contributed by atoms with van der Waals surface area (Å²) in [5, 5.41) is 7.78. The molecule has 0 aliphatic heterocycles. The summed E-state index contributed by atoms with van der Waals surface area (Å²) in [6.45, 7) is 7.46. The second-order valence-corrected chi connectivity index (χ2v) is 5.47. The number of nitrogens with zero attached hydrogens (tertiary/aromatic N) is 2. The van der Waals surface area contributed by atoms with Gasteiger partial charge in [0.2, 0.25) is 0 Å². The molecule has 1 aromatic rings. The number of aromatic nitrogens is 2. The lowest BCUT2D eigenvalue weighted by Gasteiger charge is -2.04. The van der Waals surface area contributed by atoms with Crippen LogP contribution >= 0.6 is 11.8 Å². The maximum atomic E-state index is 4.34. The van der Waals surface area contributed by atoms with Crippen LogP contribution in [0, 0.1) is 5.92 Å². The molecular formula is C12H23N3S. The quantitative estimate of drug-likeness (QED) is 0.709. The third-order valence-corrected chi connectivity index (χ3v) is 2.97. The summed E-state index contributed by atoms with van der Waals surface area (Å²) in [6, 6.07) is 0. The van der Waals surface area contributed by atoms with Crippen LogP contribution in [0.4, 0.5) is 0 Å². The first-order chi connectivity index (χ1) is 7.72. The van der Waals surface area contributed by atoms with E-state index in [1.807, 2.05) is 22.6 Å². The zero-order chi connectivity index (χ0) is 11.8. The van der Waals surface area contributed by atoms with Gasteiger partial charge in [-0.05, 0) is 30.9 Å². The highest BCUT2D eigenvalue weighted by Crippen LogP contribution is 2.02. The summed E-state index contributed by atoms with van der Waals surface area (Å²) in [6.07, 6.45) is 7.49. The lowest BCUT2D eigenvalue weighted by molar-refractivity contribution is 0.482. The van der Waals surface area contributed by atoms with Crippen molar-refractivity contribution in [1.29, 1.82) is 0 Å². The molecule has 0 amide bonds. The van der Waals surface area contributed by atoms with E-state index in [1.54, 1.807) is 0 Å². The van der Waals surface area contributed by atoms with Gasteiger partial charge in [0.1, 0.15) is 0 Å². The van der Waals surface area contributed by atoms with E-state index in [9.17, 15) is 0 Å². The molecule has 0 radical (unpaired) electrons. The summed E-state index contributed by atoms with van der Waals surface area (Å²) in [7, 11) is 0. The van der Waals surface area contributed by atoms with Gasteiger partial charge in [0.25, 0.3) is 0 Å². The molecule has 0 spiro atoms. The minimum Gasteiger partial charge on any atom is -0.313 e. The largest absolute Gasteiger partial charge is 0.313 e. The molecule has 0 aliphatic carbocycles. The SMILES string of the molecule is CSCCCNCc1cnn(CC(C)C)c1. The Morgan fingerprint density at radius 2 is 2.31 bits per heavy atom. The first kappa shape index (κ1) is 13.6. The van der Waals surface area contributed by atoms with Crippen molar-refractivity contribution in [3.05, 3.63) is 18.0 Å². The van der Waals surface area contributed by atoms with Crippen LogP contribution in [-0.4, -0.2) is 28.3 Å². The van der Waals surface area contributed by atoms with E-state index in [0.29, 0.717) is 5.92 Å². The van der Waals surface area contributed by atoms with Crippen molar-refractivity contribution in [2.75, 3.05) is 18.6 Å². The molecule has 0 atom stereocenters. The van der Waals surface area contributed by atoms with Crippen molar-refractivity contribution in [2.24, 2.45) is 5.92 Å². The Labute approximate surface area is 103 Å². The topological polar surface area (TPSA) is 29.9 Å². The molecule has 1 N–H and O–H groups in total. The van der Waals surface area contributed by atoms with Crippen LogP contribution in [0.25, 0.3) is 0 Å². The highest BCUT2D eigenvalue weighted by Gasteiger charge is 2.00. The average molecular weight is 241 g/mol. The van der Waals surface area contributed by atoms with E-state index < -0.39 is 0 Å². The van der Waals surface area contributed by atoms with E-state index in [-0.39, 0.29) is 0 Å². The van der Waals surface area contributed by atoms with Gasteiger partial charge in [-0.3, -0.25) is 4.68 Å².